The van der Waals surface area contributed by atoms with Gasteiger partial charge in [0.15, 0.2) is 0 Å². The molecule has 0 aliphatic heterocycles. The first-order valence-corrected chi connectivity index (χ1v) is 5.63. The van der Waals surface area contributed by atoms with Gasteiger partial charge in [0.1, 0.15) is 0 Å². The number of hydrogen-bond donors (Lipinski definition) is 2. The van der Waals surface area contributed by atoms with Crippen LogP contribution in [0.25, 0.3) is 0 Å². The number of methoxy groups -OCH3 is 1. The lowest BCUT2D eigenvalue weighted by molar-refractivity contribution is 0.0870. The summed E-state index contributed by atoms with van der Waals surface area (Å²) in [5.74, 6) is 5.34. The molecule has 0 spiro atoms. The Morgan fingerprint density at radius 1 is 1.67 bits per heavy atom. The summed E-state index contributed by atoms with van der Waals surface area (Å²) in [5, 5.41) is 2.78. The molecule has 1 unspecified atom stereocenters. The number of carbonyl (C=O) groups excluding carboxylic acids is 1. The van der Waals surface area contributed by atoms with E-state index in [2.05, 4.69) is 22.1 Å². The Labute approximate surface area is 107 Å². The summed E-state index contributed by atoms with van der Waals surface area (Å²) in [6, 6.07) is 1.63. The van der Waals surface area contributed by atoms with Crippen molar-refractivity contribution in [2.24, 2.45) is 5.73 Å². The van der Waals surface area contributed by atoms with Gasteiger partial charge in [-0.25, -0.2) is 0 Å². The number of hydrogen-bond acceptors (Lipinski definition) is 4. The number of nitrogens with zero attached hydrogens (tertiary/aromatic N) is 1. The van der Waals surface area contributed by atoms with Crippen molar-refractivity contribution in [3.8, 4) is 11.8 Å². The third kappa shape index (κ3) is 4.17. The highest BCUT2D eigenvalue weighted by molar-refractivity contribution is 5.96. The Morgan fingerprint density at radius 2 is 2.44 bits per heavy atom. The largest absolute Gasteiger partial charge is 0.380 e. The Morgan fingerprint density at radius 3 is 3.11 bits per heavy atom. The summed E-state index contributed by atoms with van der Waals surface area (Å²) in [5.41, 5.74) is 6.38. The summed E-state index contributed by atoms with van der Waals surface area (Å²) in [6.45, 7) is 2.57. The van der Waals surface area contributed by atoms with Crippen LogP contribution in [0.4, 0.5) is 0 Å². The van der Waals surface area contributed by atoms with E-state index >= 15 is 0 Å². The normalized spacial score (nSPS) is 11.3. The summed E-state index contributed by atoms with van der Waals surface area (Å²) < 4.78 is 5.06. The molecule has 18 heavy (non-hydrogen) atoms. The molecule has 0 aliphatic rings. The maximum Gasteiger partial charge on any atom is 0.252 e. The van der Waals surface area contributed by atoms with Gasteiger partial charge in [-0.15, -0.1) is 0 Å². The lowest BCUT2D eigenvalue weighted by Gasteiger charge is -2.11. The fraction of sp³-hybridized carbons (Fsp3) is 0.385. The van der Waals surface area contributed by atoms with Gasteiger partial charge in [-0.2, -0.15) is 0 Å². The molecule has 0 aliphatic carbocycles. The van der Waals surface area contributed by atoms with Crippen molar-refractivity contribution < 1.29 is 9.53 Å². The fourth-order valence-corrected chi connectivity index (χ4v) is 1.25. The second-order valence-corrected chi connectivity index (χ2v) is 3.68. The maximum atomic E-state index is 12.0. The number of nitrogens with one attached hydrogen (secondary N) is 1. The van der Waals surface area contributed by atoms with Crippen LogP contribution < -0.4 is 11.1 Å². The number of nitrogens with two attached hydrogens (primary N) is 1. The second kappa shape index (κ2) is 7.43. The minimum Gasteiger partial charge on any atom is -0.380 e. The number of pyridine rings is 1. The molecule has 1 rings (SSSR count). The molecule has 0 fully saturated rings. The lowest BCUT2D eigenvalue weighted by atomic mass is 10.1. The standard InChI is InChI=1S/C13H17N3O2/c1-10(18-2)8-16-13(17)12-5-7-15-9-11(12)4-3-6-14/h5,7,9-10H,6,8,14H2,1-2H3,(H,16,17). The molecule has 0 bridgehead atoms. The van der Waals surface area contributed by atoms with Crippen LogP contribution >= 0.6 is 0 Å². The molecule has 5 nitrogen and oxygen atoms in total. The Kier molecular flexibility index (Phi) is 5.85. The Hall–Kier alpha value is -1.90. The van der Waals surface area contributed by atoms with Gasteiger partial charge < -0.3 is 15.8 Å². The molecule has 0 radical (unpaired) electrons. The van der Waals surface area contributed by atoms with Crippen molar-refractivity contribution in [1.29, 1.82) is 0 Å². The Bertz CT molecular complexity index is 463. The van der Waals surface area contributed by atoms with Gasteiger partial charge in [0.2, 0.25) is 0 Å². The molecule has 1 heterocycles. The number of amides is 1. The SMILES string of the molecule is COC(C)CNC(=O)c1ccncc1C#CCN. The first-order chi connectivity index (χ1) is 8.69. The zero-order valence-electron chi connectivity index (χ0n) is 10.6. The number of rotatable bonds is 4. The number of aromatic nitrogens is 1. The van der Waals surface area contributed by atoms with Crippen molar-refractivity contribution in [1.82, 2.24) is 10.3 Å². The average Bonchev–Trinajstić information content (AvgIpc) is 2.42. The van der Waals surface area contributed by atoms with E-state index in [1.165, 1.54) is 0 Å². The van der Waals surface area contributed by atoms with E-state index in [1.807, 2.05) is 6.92 Å². The molecule has 0 saturated heterocycles. The van der Waals surface area contributed by atoms with E-state index in [0.717, 1.165) is 0 Å². The fourth-order valence-electron chi connectivity index (χ4n) is 1.25. The number of carbonyl (C=O) groups is 1. The predicted molar refractivity (Wildman–Crippen MR) is 69.0 cm³/mol. The van der Waals surface area contributed by atoms with Crippen LogP contribution in [0.5, 0.6) is 0 Å². The minimum atomic E-state index is -0.192. The van der Waals surface area contributed by atoms with Crippen LogP contribution in [-0.4, -0.2) is 37.2 Å². The number of ether oxygens (including phenoxy) is 1. The van der Waals surface area contributed by atoms with E-state index in [9.17, 15) is 4.79 Å². The topological polar surface area (TPSA) is 77.2 Å². The van der Waals surface area contributed by atoms with Crippen molar-refractivity contribution in [3.05, 3.63) is 29.6 Å². The van der Waals surface area contributed by atoms with E-state index in [-0.39, 0.29) is 18.6 Å². The molecule has 96 valence electrons. The lowest BCUT2D eigenvalue weighted by Crippen LogP contribution is -2.32. The van der Waals surface area contributed by atoms with Crippen LogP contribution in [0.3, 0.4) is 0 Å². The second-order valence-electron chi connectivity index (χ2n) is 3.68. The highest BCUT2D eigenvalue weighted by Crippen LogP contribution is 2.05. The molecule has 0 aromatic carbocycles. The minimum absolute atomic E-state index is 0.0330. The van der Waals surface area contributed by atoms with Gasteiger partial charge in [-0.05, 0) is 13.0 Å². The van der Waals surface area contributed by atoms with Crippen LogP contribution in [0.2, 0.25) is 0 Å². The monoisotopic (exact) mass is 247 g/mol. The van der Waals surface area contributed by atoms with Crippen LogP contribution in [-0.2, 0) is 4.74 Å². The molecule has 1 atom stereocenters. The van der Waals surface area contributed by atoms with Crippen molar-refractivity contribution in [2.45, 2.75) is 13.0 Å². The average molecular weight is 247 g/mol. The van der Waals surface area contributed by atoms with E-state index in [0.29, 0.717) is 17.7 Å². The third-order valence-electron chi connectivity index (χ3n) is 2.34. The first kappa shape index (κ1) is 14.2. The highest BCUT2D eigenvalue weighted by atomic mass is 16.5. The van der Waals surface area contributed by atoms with Gasteiger partial charge in [-0.3, -0.25) is 9.78 Å². The maximum absolute atomic E-state index is 12.0. The van der Waals surface area contributed by atoms with Crippen molar-refractivity contribution in [2.75, 3.05) is 20.2 Å². The van der Waals surface area contributed by atoms with Gasteiger partial charge in [0.25, 0.3) is 5.91 Å². The van der Waals surface area contributed by atoms with Crippen LogP contribution in [0, 0.1) is 11.8 Å². The summed E-state index contributed by atoms with van der Waals surface area (Å²) in [7, 11) is 1.60. The van der Waals surface area contributed by atoms with E-state index < -0.39 is 0 Å². The summed E-state index contributed by atoms with van der Waals surface area (Å²) in [4.78, 5) is 15.9. The molecular weight excluding hydrogens is 230 g/mol. The van der Waals surface area contributed by atoms with Gasteiger partial charge in [-0.1, -0.05) is 11.8 Å². The molecular formula is C13H17N3O2. The van der Waals surface area contributed by atoms with Crippen LogP contribution in [0.1, 0.15) is 22.8 Å². The van der Waals surface area contributed by atoms with E-state index in [4.69, 9.17) is 10.5 Å². The summed E-state index contributed by atoms with van der Waals surface area (Å²) >= 11 is 0. The first-order valence-electron chi connectivity index (χ1n) is 5.63. The van der Waals surface area contributed by atoms with E-state index in [1.54, 1.807) is 25.6 Å². The summed E-state index contributed by atoms with van der Waals surface area (Å²) in [6.07, 6.45) is 3.08. The zero-order chi connectivity index (χ0) is 13.4. The molecule has 3 N–H and O–H groups in total. The molecule has 1 aromatic rings. The molecule has 5 heteroatoms. The molecule has 1 aromatic heterocycles. The highest BCUT2D eigenvalue weighted by Gasteiger charge is 2.10. The Balaban J connectivity index is 2.79. The quantitative estimate of drug-likeness (QED) is 0.743. The van der Waals surface area contributed by atoms with Gasteiger partial charge >= 0.3 is 0 Å². The smallest absolute Gasteiger partial charge is 0.252 e. The van der Waals surface area contributed by atoms with Gasteiger partial charge in [0.05, 0.1) is 23.8 Å². The van der Waals surface area contributed by atoms with Crippen molar-refractivity contribution in [3.63, 3.8) is 0 Å². The third-order valence-corrected chi connectivity index (χ3v) is 2.34. The van der Waals surface area contributed by atoms with Gasteiger partial charge in [0, 0.05) is 26.0 Å². The van der Waals surface area contributed by atoms with Crippen molar-refractivity contribution >= 4 is 5.91 Å². The zero-order valence-corrected chi connectivity index (χ0v) is 10.6. The van der Waals surface area contributed by atoms with Crippen LogP contribution in [0.15, 0.2) is 18.5 Å². The predicted octanol–water partition coefficient (Wildman–Crippen LogP) is 0.157. The molecule has 1 amide bonds. The molecule has 0 saturated carbocycles.